The van der Waals surface area contributed by atoms with Gasteiger partial charge in [0.15, 0.2) is 11.5 Å². The Balaban J connectivity index is 1.68. The fourth-order valence-electron chi connectivity index (χ4n) is 3.21. The summed E-state index contributed by atoms with van der Waals surface area (Å²) in [4.78, 5) is 12.5. The third-order valence-electron chi connectivity index (χ3n) is 4.60. The molecule has 3 N–H and O–H groups in total. The summed E-state index contributed by atoms with van der Waals surface area (Å²) in [6, 6.07) is 11.6. The molecule has 1 saturated carbocycles. The van der Waals surface area contributed by atoms with Crippen molar-refractivity contribution in [1.29, 1.82) is 0 Å². The molecule has 0 heterocycles. The van der Waals surface area contributed by atoms with Gasteiger partial charge in [0.05, 0.1) is 19.0 Å². The quantitative estimate of drug-likeness (QED) is 0.737. The first-order valence-electron chi connectivity index (χ1n) is 9.09. The minimum absolute atomic E-state index is 0.199. The zero-order valence-corrected chi connectivity index (χ0v) is 16.5. The number of rotatable bonds is 7. The highest BCUT2D eigenvalue weighted by Gasteiger charge is 2.19. The molecule has 7 nitrogen and oxygen atoms in total. The van der Waals surface area contributed by atoms with Gasteiger partial charge in [-0.2, -0.15) is 0 Å². The average molecular weight is 404 g/mol. The highest BCUT2D eigenvalue weighted by Crippen LogP contribution is 2.32. The smallest absolute Gasteiger partial charge is 0.255 e. The molecule has 0 atom stereocenters. The van der Waals surface area contributed by atoms with Crippen molar-refractivity contribution < 1.29 is 22.7 Å². The van der Waals surface area contributed by atoms with Crippen LogP contribution in [0.2, 0.25) is 0 Å². The van der Waals surface area contributed by atoms with Crippen LogP contribution in [0.15, 0.2) is 42.5 Å². The van der Waals surface area contributed by atoms with Crippen LogP contribution in [0, 0.1) is 0 Å². The van der Waals surface area contributed by atoms with Gasteiger partial charge in [-0.05, 0) is 61.6 Å². The molecule has 1 amide bonds. The van der Waals surface area contributed by atoms with Crippen molar-refractivity contribution in [2.24, 2.45) is 5.14 Å². The lowest BCUT2D eigenvalue weighted by Gasteiger charge is -2.16. The number of nitrogens with two attached hydrogens (primary N) is 1. The van der Waals surface area contributed by atoms with Crippen LogP contribution in [0.25, 0.3) is 0 Å². The third kappa shape index (κ3) is 5.46. The molecule has 0 aliphatic heterocycles. The molecule has 3 rings (SSSR count). The van der Waals surface area contributed by atoms with Gasteiger partial charge in [0.2, 0.25) is 10.0 Å². The van der Waals surface area contributed by atoms with Crippen molar-refractivity contribution in [2.45, 2.75) is 37.5 Å². The number of hydrogen-bond acceptors (Lipinski definition) is 5. The Hall–Kier alpha value is -2.58. The van der Waals surface area contributed by atoms with Crippen molar-refractivity contribution in [3.63, 3.8) is 0 Å². The van der Waals surface area contributed by atoms with E-state index in [1.54, 1.807) is 49.6 Å². The molecule has 1 aliphatic carbocycles. The number of benzene rings is 2. The third-order valence-corrected chi connectivity index (χ3v) is 5.34. The van der Waals surface area contributed by atoms with Gasteiger partial charge in [-0.3, -0.25) is 4.79 Å². The molecule has 2 aromatic carbocycles. The Labute approximate surface area is 164 Å². The number of carbonyl (C=O) groups is 1. The predicted molar refractivity (Wildman–Crippen MR) is 107 cm³/mol. The summed E-state index contributed by atoms with van der Waals surface area (Å²) >= 11 is 0. The fraction of sp³-hybridized carbons (Fsp3) is 0.350. The van der Waals surface area contributed by atoms with Crippen LogP contribution in [0.3, 0.4) is 0 Å². The topological polar surface area (TPSA) is 108 Å². The summed E-state index contributed by atoms with van der Waals surface area (Å²) in [5.74, 6) is 0.604. The maximum absolute atomic E-state index is 12.5. The number of methoxy groups -OCH3 is 1. The van der Waals surface area contributed by atoms with Crippen LogP contribution in [0.5, 0.6) is 11.5 Å². The Morgan fingerprint density at radius 1 is 1.11 bits per heavy atom. The molecular weight excluding hydrogens is 380 g/mol. The molecule has 0 spiro atoms. The first kappa shape index (κ1) is 20.2. The van der Waals surface area contributed by atoms with Gasteiger partial charge in [0.25, 0.3) is 5.91 Å². The van der Waals surface area contributed by atoms with E-state index in [-0.39, 0.29) is 17.8 Å². The van der Waals surface area contributed by atoms with E-state index in [2.05, 4.69) is 5.32 Å². The SMILES string of the molecule is COc1cc(C(=O)Nc2ccc(CS(N)(=O)=O)cc2)ccc1OC1CCCC1. The van der Waals surface area contributed by atoms with Crippen LogP contribution >= 0.6 is 0 Å². The van der Waals surface area contributed by atoms with Gasteiger partial charge in [0, 0.05) is 11.3 Å². The number of amides is 1. The number of ether oxygens (including phenoxy) is 2. The lowest BCUT2D eigenvalue weighted by atomic mass is 10.1. The maximum Gasteiger partial charge on any atom is 0.255 e. The minimum atomic E-state index is -3.59. The molecule has 28 heavy (non-hydrogen) atoms. The maximum atomic E-state index is 12.5. The molecular formula is C20H24N2O5S. The molecule has 0 radical (unpaired) electrons. The molecule has 0 saturated heterocycles. The van der Waals surface area contributed by atoms with Crippen LogP contribution in [-0.4, -0.2) is 27.5 Å². The second kappa shape index (κ2) is 8.62. The lowest BCUT2D eigenvalue weighted by Crippen LogP contribution is -2.15. The van der Waals surface area contributed by atoms with E-state index in [4.69, 9.17) is 14.6 Å². The number of nitrogens with one attached hydrogen (secondary N) is 1. The van der Waals surface area contributed by atoms with E-state index in [0.29, 0.717) is 28.3 Å². The molecule has 0 aromatic heterocycles. The summed E-state index contributed by atoms with van der Waals surface area (Å²) in [7, 11) is -2.05. The zero-order valence-electron chi connectivity index (χ0n) is 15.7. The van der Waals surface area contributed by atoms with Crippen molar-refractivity contribution in [2.75, 3.05) is 12.4 Å². The van der Waals surface area contributed by atoms with Crippen molar-refractivity contribution in [3.8, 4) is 11.5 Å². The molecule has 2 aromatic rings. The fourth-order valence-corrected chi connectivity index (χ4v) is 3.87. The highest BCUT2D eigenvalue weighted by atomic mass is 32.2. The van der Waals surface area contributed by atoms with Gasteiger partial charge in [-0.15, -0.1) is 0 Å². The normalized spacial score (nSPS) is 14.6. The zero-order chi connectivity index (χ0) is 20.1. The monoisotopic (exact) mass is 404 g/mol. The summed E-state index contributed by atoms with van der Waals surface area (Å²) in [5, 5.41) is 7.81. The average Bonchev–Trinajstić information content (AvgIpc) is 3.15. The first-order valence-corrected chi connectivity index (χ1v) is 10.8. The minimum Gasteiger partial charge on any atom is -0.493 e. The van der Waals surface area contributed by atoms with E-state index in [0.717, 1.165) is 12.8 Å². The number of anilines is 1. The summed E-state index contributed by atoms with van der Waals surface area (Å²) < 4.78 is 33.6. The van der Waals surface area contributed by atoms with Crippen LogP contribution in [0.4, 0.5) is 5.69 Å². The Morgan fingerprint density at radius 2 is 1.79 bits per heavy atom. The summed E-state index contributed by atoms with van der Waals surface area (Å²) in [6.45, 7) is 0. The van der Waals surface area contributed by atoms with E-state index < -0.39 is 10.0 Å². The highest BCUT2D eigenvalue weighted by molar-refractivity contribution is 7.88. The van der Waals surface area contributed by atoms with Crippen LogP contribution < -0.4 is 19.9 Å². The first-order chi connectivity index (χ1) is 13.3. The van der Waals surface area contributed by atoms with Gasteiger partial charge < -0.3 is 14.8 Å². The number of primary sulfonamides is 1. The molecule has 1 aliphatic rings. The van der Waals surface area contributed by atoms with Crippen LogP contribution in [-0.2, 0) is 15.8 Å². The second-order valence-electron chi connectivity index (χ2n) is 6.85. The van der Waals surface area contributed by atoms with Crippen molar-refractivity contribution in [3.05, 3.63) is 53.6 Å². The second-order valence-corrected chi connectivity index (χ2v) is 8.46. The van der Waals surface area contributed by atoms with Gasteiger partial charge >= 0.3 is 0 Å². The summed E-state index contributed by atoms with van der Waals surface area (Å²) in [6.07, 6.45) is 4.61. The molecule has 0 unspecified atom stereocenters. The van der Waals surface area contributed by atoms with Crippen molar-refractivity contribution in [1.82, 2.24) is 0 Å². The number of hydrogen-bond donors (Lipinski definition) is 2. The van der Waals surface area contributed by atoms with Crippen molar-refractivity contribution >= 4 is 21.6 Å². The molecule has 1 fully saturated rings. The number of sulfonamides is 1. The standard InChI is InChI=1S/C20H24N2O5S/c1-26-19-12-15(8-11-18(19)27-17-4-2-3-5-17)20(23)22-16-9-6-14(7-10-16)13-28(21,24)25/h6-12,17H,2-5,13H2,1H3,(H,22,23)(H2,21,24,25). The van der Waals surface area contributed by atoms with Gasteiger partial charge in [-0.25, -0.2) is 13.6 Å². The van der Waals surface area contributed by atoms with E-state index in [9.17, 15) is 13.2 Å². The predicted octanol–water partition coefficient (Wildman–Crippen LogP) is 3.06. The van der Waals surface area contributed by atoms with E-state index in [1.165, 1.54) is 12.8 Å². The molecule has 0 bridgehead atoms. The molecule has 150 valence electrons. The Morgan fingerprint density at radius 3 is 2.39 bits per heavy atom. The largest absolute Gasteiger partial charge is 0.493 e. The summed E-state index contributed by atoms with van der Waals surface area (Å²) in [5.41, 5.74) is 1.54. The van der Waals surface area contributed by atoms with E-state index in [1.807, 2.05) is 0 Å². The van der Waals surface area contributed by atoms with Gasteiger partial charge in [0.1, 0.15) is 0 Å². The number of carbonyl (C=O) groups excluding carboxylic acids is 1. The Kier molecular flexibility index (Phi) is 6.21. The lowest BCUT2D eigenvalue weighted by molar-refractivity contribution is 0.102. The Bertz CT molecular complexity index is 936. The molecule has 8 heteroatoms. The van der Waals surface area contributed by atoms with E-state index >= 15 is 0 Å². The van der Waals surface area contributed by atoms with Gasteiger partial charge in [-0.1, -0.05) is 12.1 Å². The van der Waals surface area contributed by atoms with Crippen LogP contribution in [0.1, 0.15) is 41.6 Å².